The van der Waals surface area contributed by atoms with Crippen molar-refractivity contribution in [3.05, 3.63) is 11.1 Å². The summed E-state index contributed by atoms with van der Waals surface area (Å²) in [6.07, 6.45) is 0. The summed E-state index contributed by atoms with van der Waals surface area (Å²) in [5.74, 6) is 1.35. The second kappa shape index (κ2) is 5.94. The molecule has 0 rings (SSSR count). The van der Waals surface area contributed by atoms with Gasteiger partial charge in [-0.25, -0.2) is 0 Å². The third-order valence-corrected chi connectivity index (χ3v) is 3.29. The molecule has 0 unspecified atom stereocenters. The van der Waals surface area contributed by atoms with Gasteiger partial charge in [-0.3, -0.25) is 0 Å². The van der Waals surface area contributed by atoms with Crippen LogP contribution in [0.2, 0.25) is 0 Å². The summed E-state index contributed by atoms with van der Waals surface area (Å²) in [4.78, 5) is 11.6. The minimum atomic E-state index is 0.364. The van der Waals surface area contributed by atoms with Gasteiger partial charge in [0, 0.05) is 0 Å². The van der Waals surface area contributed by atoms with Crippen LogP contribution in [-0.4, -0.2) is 26.3 Å². The van der Waals surface area contributed by atoms with Crippen LogP contribution < -0.4 is 0 Å². The van der Waals surface area contributed by atoms with Crippen LogP contribution in [0.25, 0.3) is 0 Å². The predicted molar refractivity (Wildman–Crippen MR) is 63.7 cm³/mol. The zero-order valence-corrected chi connectivity index (χ0v) is 13.5. The fourth-order valence-electron chi connectivity index (χ4n) is 2.05. The first kappa shape index (κ1) is 14.2. The first-order valence-corrected chi connectivity index (χ1v) is 6.97. The molecule has 0 aliphatic rings. The number of hydrogen-bond acceptors (Lipinski definition) is 1. The molecule has 0 atom stereocenters. The summed E-state index contributed by atoms with van der Waals surface area (Å²) >= 11 is 0.709. The van der Waals surface area contributed by atoms with Crippen molar-refractivity contribution in [2.75, 3.05) is 0 Å². The van der Waals surface area contributed by atoms with E-state index in [1.165, 1.54) is 5.57 Å². The van der Waals surface area contributed by atoms with E-state index in [2.05, 4.69) is 41.5 Å². The molecule has 0 aliphatic heterocycles. The zero-order valence-electron chi connectivity index (χ0n) is 10.2. The molecule has 1 nitrogen and oxygen atoms in total. The SMILES string of the molecule is CC(C)C([C](=O)[SnH])=C(C(C)C)C(C)C. The number of carbonyl (C=O) groups excluding carboxylic acids is 1. The zero-order chi connectivity index (χ0) is 11.5. The Bertz CT molecular complexity index is 227. The molecular weight excluding hydrogens is 279 g/mol. The van der Waals surface area contributed by atoms with Crippen molar-refractivity contribution < 1.29 is 4.79 Å². The van der Waals surface area contributed by atoms with E-state index in [0.717, 1.165) is 5.57 Å². The van der Waals surface area contributed by atoms with E-state index in [0.29, 0.717) is 44.1 Å². The molecule has 0 saturated carbocycles. The normalized spacial score (nSPS) is 11.3. The van der Waals surface area contributed by atoms with Crippen LogP contribution >= 0.6 is 0 Å². The summed E-state index contributed by atoms with van der Waals surface area (Å²) in [5.41, 5.74) is 2.45. The van der Waals surface area contributed by atoms with Gasteiger partial charge in [-0.05, 0) is 0 Å². The third kappa shape index (κ3) is 3.76. The van der Waals surface area contributed by atoms with Crippen LogP contribution in [0.15, 0.2) is 11.1 Å². The Morgan fingerprint density at radius 3 is 1.29 bits per heavy atom. The van der Waals surface area contributed by atoms with Crippen molar-refractivity contribution in [3.8, 4) is 0 Å². The number of hydrogen-bond donors (Lipinski definition) is 0. The monoisotopic (exact) mass is 302 g/mol. The molecule has 80 valence electrons. The van der Waals surface area contributed by atoms with Crippen molar-refractivity contribution in [1.29, 1.82) is 0 Å². The van der Waals surface area contributed by atoms with Crippen LogP contribution in [-0.2, 0) is 4.79 Å². The molecule has 0 aromatic carbocycles. The number of carbonyl (C=O) groups is 1. The van der Waals surface area contributed by atoms with Crippen molar-refractivity contribution in [2.45, 2.75) is 41.5 Å². The first-order valence-electron chi connectivity index (χ1n) is 5.32. The molecule has 0 N–H and O–H groups in total. The predicted octanol–water partition coefficient (Wildman–Crippen LogP) is 2.68. The van der Waals surface area contributed by atoms with Crippen molar-refractivity contribution >= 4 is 26.3 Å². The van der Waals surface area contributed by atoms with Gasteiger partial charge in [0.15, 0.2) is 0 Å². The van der Waals surface area contributed by atoms with Gasteiger partial charge in [-0.2, -0.15) is 0 Å². The summed E-state index contributed by atoms with van der Waals surface area (Å²) in [5, 5.41) is 0. The number of rotatable bonds is 4. The fourth-order valence-corrected chi connectivity index (χ4v) is 3.48. The van der Waals surface area contributed by atoms with E-state index < -0.39 is 0 Å². The van der Waals surface area contributed by atoms with Crippen LogP contribution in [0, 0.1) is 17.8 Å². The van der Waals surface area contributed by atoms with Gasteiger partial charge in [-0.15, -0.1) is 0 Å². The standard InChI is InChI=1S/C12H21O.Sn.H/c1-8(2)11(7-13)12(9(3)4)10(5)6;;/h8-10H,1-6H3;;. The van der Waals surface area contributed by atoms with E-state index in [-0.39, 0.29) is 0 Å². The Labute approximate surface area is 101 Å². The molecule has 0 saturated heterocycles. The van der Waals surface area contributed by atoms with Gasteiger partial charge in [0.1, 0.15) is 0 Å². The second-order valence-electron chi connectivity index (χ2n) is 4.70. The Hall–Kier alpha value is 0.209. The molecule has 0 spiro atoms. The Kier molecular flexibility index (Phi) is 6.03. The van der Waals surface area contributed by atoms with Gasteiger partial charge < -0.3 is 0 Å². The van der Waals surface area contributed by atoms with Crippen molar-refractivity contribution in [3.63, 3.8) is 0 Å². The minimum absolute atomic E-state index is 0.364. The van der Waals surface area contributed by atoms with E-state index in [4.69, 9.17) is 0 Å². The average Bonchev–Trinajstić information content (AvgIpc) is 1.96. The molecule has 0 bridgehead atoms. The maximum absolute atomic E-state index is 11.6. The van der Waals surface area contributed by atoms with Crippen molar-refractivity contribution in [2.24, 2.45) is 17.8 Å². The molecule has 2 heteroatoms. The summed E-state index contributed by atoms with van der Waals surface area (Å²) in [6.45, 7) is 13.0. The van der Waals surface area contributed by atoms with Gasteiger partial charge in [0.05, 0.1) is 0 Å². The van der Waals surface area contributed by atoms with Crippen LogP contribution in [0.4, 0.5) is 0 Å². The quantitative estimate of drug-likeness (QED) is 0.576. The Morgan fingerprint density at radius 2 is 1.21 bits per heavy atom. The summed E-state index contributed by atoms with van der Waals surface area (Å²) in [6, 6.07) is 0. The average molecular weight is 301 g/mol. The van der Waals surface area contributed by atoms with E-state index >= 15 is 0 Å². The van der Waals surface area contributed by atoms with Gasteiger partial charge >= 0.3 is 102 Å². The Balaban J connectivity index is 5.39. The van der Waals surface area contributed by atoms with Crippen LogP contribution in [0.1, 0.15) is 41.5 Å². The summed E-state index contributed by atoms with van der Waals surface area (Å²) < 4.78 is 0.364. The summed E-state index contributed by atoms with van der Waals surface area (Å²) in [7, 11) is 0. The first-order chi connectivity index (χ1) is 6.29. The fraction of sp³-hybridized carbons (Fsp3) is 0.750. The molecule has 14 heavy (non-hydrogen) atoms. The second-order valence-corrected chi connectivity index (χ2v) is 6.19. The maximum atomic E-state index is 11.6. The molecule has 0 aromatic rings. The van der Waals surface area contributed by atoms with Gasteiger partial charge in [0.25, 0.3) is 0 Å². The topological polar surface area (TPSA) is 17.1 Å². The van der Waals surface area contributed by atoms with Crippen LogP contribution in [0.3, 0.4) is 0 Å². The molecular formula is C12H22OSn. The number of allylic oxidation sites excluding steroid dienone is 2. The molecule has 0 fully saturated rings. The molecule has 0 aromatic heterocycles. The van der Waals surface area contributed by atoms with Crippen LogP contribution in [0.5, 0.6) is 0 Å². The third-order valence-electron chi connectivity index (χ3n) is 2.40. The molecule has 0 amide bonds. The Morgan fingerprint density at radius 1 is 0.857 bits per heavy atom. The van der Waals surface area contributed by atoms with Gasteiger partial charge in [-0.1, -0.05) is 0 Å². The van der Waals surface area contributed by atoms with E-state index in [1.807, 2.05) is 0 Å². The molecule has 0 aliphatic carbocycles. The van der Waals surface area contributed by atoms with Crippen molar-refractivity contribution in [1.82, 2.24) is 0 Å². The molecule has 0 heterocycles. The van der Waals surface area contributed by atoms with E-state index in [1.54, 1.807) is 0 Å². The van der Waals surface area contributed by atoms with Gasteiger partial charge in [0.2, 0.25) is 0 Å². The molecule has 2 radical (unpaired) electrons. The van der Waals surface area contributed by atoms with E-state index in [9.17, 15) is 4.79 Å².